The van der Waals surface area contributed by atoms with E-state index in [-0.39, 0.29) is 34.6 Å². The van der Waals surface area contributed by atoms with Crippen LogP contribution in [0.3, 0.4) is 0 Å². The Morgan fingerprint density at radius 1 is 1.27 bits per heavy atom. The highest BCUT2D eigenvalue weighted by Gasteiger charge is 2.34. The Balaban J connectivity index is 1.49. The van der Waals surface area contributed by atoms with E-state index in [1.807, 2.05) is 10.7 Å². The van der Waals surface area contributed by atoms with Gasteiger partial charge in [0.05, 0.1) is 24.5 Å². The molecule has 0 bridgehead atoms. The van der Waals surface area contributed by atoms with Crippen LogP contribution in [0.5, 0.6) is 5.75 Å². The number of hydrogen-bond acceptors (Lipinski definition) is 10. The number of aliphatic hydroxyl groups is 1. The molecule has 1 aliphatic carbocycles. The number of nitrogens with one attached hydrogen (secondary N) is 1. The first-order chi connectivity index (χ1) is 17.7. The van der Waals surface area contributed by atoms with E-state index in [2.05, 4.69) is 52.1 Å². The number of hydrogen-bond donors (Lipinski definition) is 3. The maximum atomic E-state index is 10.0. The normalized spacial score (nSPS) is 17.9. The van der Waals surface area contributed by atoms with Crippen LogP contribution >= 0.6 is 0 Å². The van der Waals surface area contributed by atoms with Crippen LogP contribution in [0.4, 0.5) is 11.8 Å². The third-order valence-electron chi connectivity index (χ3n) is 6.34. The molecule has 0 spiro atoms. The summed E-state index contributed by atoms with van der Waals surface area (Å²) in [7, 11) is 1.79. The van der Waals surface area contributed by atoms with Crippen molar-refractivity contribution in [3.05, 3.63) is 54.0 Å². The molecule has 37 heavy (non-hydrogen) atoms. The van der Waals surface area contributed by atoms with E-state index in [9.17, 15) is 10.4 Å². The smallest absolute Gasteiger partial charge is 0.210 e. The molecule has 0 unspecified atom stereocenters. The zero-order chi connectivity index (χ0) is 26.3. The molecular formula is C25H28N10O2. The van der Waals surface area contributed by atoms with Gasteiger partial charge in [-0.05, 0) is 12.8 Å². The summed E-state index contributed by atoms with van der Waals surface area (Å²) >= 11 is 0. The first-order valence-electron chi connectivity index (χ1n) is 11.9. The first-order valence-corrected chi connectivity index (χ1v) is 11.9. The van der Waals surface area contributed by atoms with Gasteiger partial charge in [0.1, 0.15) is 22.8 Å². The zero-order valence-corrected chi connectivity index (χ0v) is 21.0. The van der Waals surface area contributed by atoms with Gasteiger partial charge < -0.3 is 25.5 Å². The van der Waals surface area contributed by atoms with Crippen LogP contribution in [0, 0.1) is 11.3 Å². The lowest BCUT2D eigenvalue weighted by atomic mass is 9.87. The van der Waals surface area contributed by atoms with Crippen molar-refractivity contribution in [3.8, 4) is 11.8 Å². The monoisotopic (exact) mass is 500 g/mol. The van der Waals surface area contributed by atoms with E-state index < -0.39 is 0 Å². The van der Waals surface area contributed by atoms with Crippen LogP contribution < -0.4 is 15.8 Å². The standard InChI is InChI=1S/C25H28N10O2/c1-25(2,3)20-9-21(33-35(20)14-7-15(36)8-14)31-24-32-23-22(34(24)4)16(10-26)19(13-30-23)37-18(11-27)17-12-28-5-6-29-17/h5-6,9,11-15,36H,7-8,27H2,1-4H3,(H,30,31,32,33). The Morgan fingerprint density at radius 2 is 2.05 bits per heavy atom. The van der Waals surface area contributed by atoms with Crippen LogP contribution in [0.2, 0.25) is 0 Å². The fraction of sp³-hybridized carbons (Fsp3) is 0.360. The molecule has 190 valence electrons. The van der Waals surface area contributed by atoms with Gasteiger partial charge in [0.25, 0.3) is 0 Å². The fourth-order valence-corrected chi connectivity index (χ4v) is 4.34. The van der Waals surface area contributed by atoms with E-state index in [1.54, 1.807) is 17.8 Å². The largest absolute Gasteiger partial charge is 0.450 e. The molecule has 5 rings (SSSR count). The van der Waals surface area contributed by atoms with Crippen molar-refractivity contribution in [3.63, 3.8) is 0 Å². The third kappa shape index (κ3) is 4.45. The fourth-order valence-electron chi connectivity index (χ4n) is 4.34. The van der Waals surface area contributed by atoms with Crippen LogP contribution in [0.1, 0.15) is 56.6 Å². The number of nitriles is 1. The molecule has 1 aliphatic rings. The summed E-state index contributed by atoms with van der Waals surface area (Å²) in [5, 5.41) is 27.9. The number of aryl methyl sites for hydroxylation is 1. The number of fused-ring (bicyclic) bond motifs is 1. The van der Waals surface area contributed by atoms with Gasteiger partial charge in [-0.2, -0.15) is 15.3 Å². The second-order valence-electron chi connectivity index (χ2n) is 10.0. The lowest BCUT2D eigenvalue weighted by molar-refractivity contribution is 0.0411. The number of aliphatic hydroxyl groups excluding tert-OH is 1. The number of anilines is 2. The van der Waals surface area contributed by atoms with E-state index in [4.69, 9.17) is 15.6 Å². The third-order valence-corrected chi connectivity index (χ3v) is 6.34. The lowest BCUT2D eigenvalue weighted by Gasteiger charge is -2.34. The topological polar surface area (TPSA) is 166 Å². The zero-order valence-electron chi connectivity index (χ0n) is 21.0. The average Bonchev–Trinajstić information content (AvgIpc) is 3.42. The SMILES string of the molecule is Cn1c(Nc2cc(C(C)(C)C)n(C3CC(O)C3)n2)nc2ncc(OC(=CN)c3cnccn3)c(C#N)c21. The molecule has 12 nitrogen and oxygen atoms in total. The van der Waals surface area contributed by atoms with Crippen molar-refractivity contribution in [1.82, 2.24) is 34.3 Å². The summed E-state index contributed by atoms with van der Waals surface area (Å²) in [6.07, 6.45) is 8.35. The minimum absolute atomic E-state index is 0.140. The molecule has 1 fully saturated rings. The van der Waals surface area contributed by atoms with E-state index in [0.29, 0.717) is 41.5 Å². The minimum atomic E-state index is -0.284. The van der Waals surface area contributed by atoms with Crippen molar-refractivity contribution in [2.45, 2.75) is 51.2 Å². The molecule has 0 aliphatic heterocycles. The molecule has 1 saturated carbocycles. The van der Waals surface area contributed by atoms with E-state index >= 15 is 0 Å². The number of nitrogens with two attached hydrogens (primary N) is 1. The van der Waals surface area contributed by atoms with Gasteiger partial charge in [-0.15, -0.1) is 0 Å². The molecule has 12 heteroatoms. The summed E-state index contributed by atoms with van der Waals surface area (Å²) < 4.78 is 9.66. The predicted octanol–water partition coefficient (Wildman–Crippen LogP) is 2.90. The van der Waals surface area contributed by atoms with Crippen molar-refractivity contribution < 1.29 is 9.84 Å². The number of pyridine rings is 1. The first kappa shape index (κ1) is 24.2. The Morgan fingerprint density at radius 3 is 2.68 bits per heavy atom. The molecule has 0 radical (unpaired) electrons. The molecule has 0 atom stereocenters. The molecule has 4 aromatic rings. The predicted molar refractivity (Wildman–Crippen MR) is 137 cm³/mol. The van der Waals surface area contributed by atoms with Crippen molar-refractivity contribution in [1.29, 1.82) is 5.26 Å². The molecule has 0 saturated heterocycles. The van der Waals surface area contributed by atoms with Crippen molar-refractivity contribution in [2.24, 2.45) is 12.8 Å². The number of ether oxygens (including phenoxy) is 1. The Bertz CT molecular complexity index is 1520. The lowest BCUT2D eigenvalue weighted by Crippen LogP contribution is -2.34. The minimum Gasteiger partial charge on any atom is -0.450 e. The van der Waals surface area contributed by atoms with Gasteiger partial charge in [-0.25, -0.2) is 9.97 Å². The van der Waals surface area contributed by atoms with Gasteiger partial charge in [0.15, 0.2) is 23.0 Å². The van der Waals surface area contributed by atoms with Gasteiger partial charge in [0.2, 0.25) is 5.95 Å². The summed E-state index contributed by atoms with van der Waals surface area (Å²) in [5.74, 6) is 1.55. The molecule has 0 aromatic carbocycles. The van der Waals surface area contributed by atoms with Crippen LogP contribution in [0.25, 0.3) is 16.9 Å². The molecule has 4 aromatic heterocycles. The Kier molecular flexibility index (Phi) is 6.01. The Labute approximate surface area is 213 Å². The maximum absolute atomic E-state index is 10.0. The number of imidazole rings is 1. The van der Waals surface area contributed by atoms with Crippen molar-refractivity contribution in [2.75, 3.05) is 5.32 Å². The molecule has 4 heterocycles. The summed E-state index contributed by atoms with van der Waals surface area (Å²) in [6.45, 7) is 6.39. The van der Waals surface area contributed by atoms with Gasteiger partial charge in [-0.1, -0.05) is 20.8 Å². The van der Waals surface area contributed by atoms with E-state index in [0.717, 1.165) is 5.69 Å². The summed E-state index contributed by atoms with van der Waals surface area (Å²) in [5.41, 5.74) is 8.22. The highest BCUT2D eigenvalue weighted by Crippen LogP contribution is 2.37. The highest BCUT2D eigenvalue weighted by molar-refractivity contribution is 5.84. The number of nitrogens with zero attached hydrogens (tertiary/aromatic N) is 8. The number of aromatic nitrogens is 7. The number of rotatable bonds is 6. The molecule has 4 N–H and O–H groups in total. The van der Waals surface area contributed by atoms with Gasteiger partial charge >= 0.3 is 0 Å². The average molecular weight is 501 g/mol. The quantitative estimate of drug-likeness (QED) is 0.335. The summed E-state index contributed by atoms with van der Waals surface area (Å²) in [6, 6.07) is 4.36. The summed E-state index contributed by atoms with van der Waals surface area (Å²) in [4.78, 5) is 17.2. The van der Waals surface area contributed by atoms with Gasteiger partial charge in [-0.3, -0.25) is 9.67 Å². The second kappa shape index (κ2) is 9.18. The van der Waals surface area contributed by atoms with Crippen molar-refractivity contribution >= 4 is 28.7 Å². The van der Waals surface area contributed by atoms with Crippen LogP contribution in [0.15, 0.2) is 37.1 Å². The maximum Gasteiger partial charge on any atom is 0.210 e. The van der Waals surface area contributed by atoms with Gasteiger partial charge in [0, 0.05) is 42.8 Å². The highest BCUT2D eigenvalue weighted by atomic mass is 16.5. The van der Waals surface area contributed by atoms with E-state index in [1.165, 1.54) is 24.8 Å². The Hall–Kier alpha value is -4.50. The molecular weight excluding hydrogens is 472 g/mol. The van der Waals surface area contributed by atoms with Crippen LogP contribution in [-0.4, -0.2) is 45.5 Å². The second-order valence-corrected chi connectivity index (χ2v) is 10.0. The van der Waals surface area contributed by atoms with Crippen LogP contribution in [-0.2, 0) is 12.5 Å². The molecule has 0 amide bonds.